The molecule has 2 aromatic rings. The third-order valence-electron chi connectivity index (χ3n) is 4.66. The van der Waals surface area contributed by atoms with Crippen molar-refractivity contribution in [2.24, 2.45) is 5.92 Å². The zero-order valence-electron chi connectivity index (χ0n) is 13.8. The van der Waals surface area contributed by atoms with Crippen molar-refractivity contribution in [1.82, 2.24) is 4.90 Å². The average molecular weight is 331 g/mol. The average Bonchev–Trinajstić information content (AvgIpc) is 2.60. The molecule has 1 fully saturated rings. The Kier molecular flexibility index (Phi) is 5.81. The first-order chi connectivity index (χ1) is 11.7. The molecule has 0 radical (unpaired) electrons. The molecule has 24 heavy (non-hydrogen) atoms. The standard InChI is InChI=1S/C20H23F2NO/c21-18-5-7-19(8-6-18)24-14-13-23-11-9-16(10-12-23)15-17-3-1-2-4-20(17)22/h1-8,16H,9-15H2. The molecule has 0 bridgehead atoms. The van der Waals surface area contributed by atoms with Crippen LogP contribution in [0, 0.1) is 17.6 Å². The summed E-state index contributed by atoms with van der Waals surface area (Å²) in [5, 5.41) is 0. The van der Waals surface area contributed by atoms with E-state index in [-0.39, 0.29) is 11.6 Å². The van der Waals surface area contributed by atoms with Gasteiger partial charge in [-0.3, -0.25) is 4.90 Å². The Labute approximate surface area is 142 Å². The van der Waals surface area contributed by atoms with Crippen molar-refractivity contribution < 1.29 is 13.5 Å². The number of hydrogen-bond acceptors (Lipinski definition) is 2. The molecule has 128 valence electrons. The van der Waals surface area contributed by atoms with Gasteiger partial charge in [0, 0.05) is 6.54 Å². The molecule has 0 aliphatic carbocycles. The molecule has 0 unspecified atom stereocenters. The van der Waals surface area contributed by atoms with E-state index in [0.29, 0.717) is 18.3 Å². The van der Waals surface area contributed by atoms with Gasteiger partial charge in [0.25, 0.3) is 0 Å². The highest BCUT2D eigenvalue weighted by molar-refractivity contribution is 5.22. The number of nitrogens with zero attached hydrogens (tertiary/aromatic N) is 1. The van der Waals surface area contributed by atoms with Gasteiger partial charge in [0.2, 0.25) is 0 Å². The molecule has 1 aliphatic heterocycles. The van der Waals surface area contributed by atoms with Crippen LogP contribution in [0.5, 0.6) is 5.75 Å². The normalized spacial score (nSPS) is 16.2. The van der Waals surface area contributed by atoms with Crippen molar-refractivity contribution in [2.75, 3.05) is 26.2 Å². The molecule has 0 spiro atoms. The van der Waals surface area contributed by atoms with E-state index < -0.39 is 0 Å². The van der Waals surface area contributed by atoms with Crippen LogP contribution in [0.3, 0.4) is 0 Å². The zero-order valence-corrected chi connectivity index (χ0v) is 13.8. The van der Waals surface area contributed by atoms with Gasteiger partial charge in [-0.1, -0.05) is 18.2 Å². The van der Waals surface area contributed by atoms with E-state index in [1.165, 1.54) is 18.2 Å². The van der Waals surface area contributed by atoms with Crippen molar-refractivity contribution in [1.29, 1.82) is 0 Å². The molecule has 3 rings (SSSR count). The summed E-state index contributed by atoms with van der Waals surface area (Å²) in [5.74, 6) is 0.911. The summed E-state index contributed by atoms with van der Waals surface area (Å²) in [6.07, 6.45) is 3.00. The lowest BCUT2D eigenvalue weighted by Crippen LogP contribution is -2.37. The first-order valence-electron chi connectivity index (χ1n) is 8.55. The quantitative estimate of drug-likeness (QED) is 0.782. The summed E-state index contributed by atoms with van der Waals surface area (Å²) in [6, 6.07) is 13.2. The molecule has 2 aromatic carbocycles. The second kappa shape index (κ2) is 8.25. The van der Waals surface area contributed by atoms with Gasteiger partial charge < -0.3 is 4.74 Å². The maximum absolute atomic E-state index is 13.7. The highest BCUT2D eigenvalue weighted by Crippen LogP contribution is 2.23. The molecule has 0 amide bonds. The smallest absolute Gasteiger partial charge is 0.126 e. The van der Waals surface area contributed by atoms with E-state index >= 15 is 0 Å². The summed E-state index contributed by atoms with van der Waals surface area (Å²) >= 11 is 0. The third kappa shape index (κ3) is 4.78. The van der Waals surface area contributed by atoms with Crippen molar-refractivity contribution in [3.8, 4) is 5.75 Å². The predicted molar refractivity (Wildman–Crippen MR) is 91.2 cm³/mol. The van der Waals surface area contributed by atoms with Crippen LogP contribution in [0.25, 0.3) is 0 Å². The maximum atomic E-state index is 13.7. The van der Waals surface area contributed by atoms with Crippen molar-refractivity contribution in [3.05, 3.63) is 65.7 Å². The Morgan fingerprint density at radius 3 is 2.38 bits per heavy atom. The van der Waals surface area contributed by atoms with Gasteiger partial charge in [-0.25, -0.2) is 8.78 Å². The minimum atomic E-state index is -0.251. The Hall–Kier alpha value is -1.94. The molecule has 0 aromatic heterocycles. The van der Waals surface area contributed by atoms with E-state index in [4.69, 9.17) is 4.74 Å². The lowest BCUT2D eigenvalue weighted by molar-refractivity contribution is 0.154. The number of halogens is 2. The Morgan fingerprint density at radius 2 is 1.67 bits per heavy atom. The molecule has 1 heterocycles. The van der Waals surface area contributed by atoms with Gasteiger partial charge in [-0.05, 0) is 74.2 Å². The monoisotopic (exact) mass is 331 g/mol. The molecular formula is C20H23F2NO. The van der Waals surface area contributed by atoms with Gasteiger partial charge in [0.1, 0.15) is 24.0 Å². The second-order valence-electron chi connectivity index (χ2n) is 6.38. The number of ether oxygens (including phenoxy) is 1. The first kappa shape index (κ1) is 16.9. The molecule has 2 nitrogen and oxygen atoms in total. The van der Waals surface area contributed by atoms with Gasteiger partial charge in [0.15, 0.2) is 0 Å². The van der Waals surface area contributed by atoms with E-state index in [9.17, 15) is 8.78 Å². The summed E-state index contributed by atoms with van der Waals surface area (Å²) in [4.78, 5) is 2.38. The van der Waals surface area contributed by atoms with Crippen LogP contribution in [0.1, 0.15) is 18.4 Å². The van der Waals surface area contributed by atoms with Crippen molar-refractivity contribution >= 4 is 0 Å². The molecule has 4 heteroatoms. The fourth-order valence-electron chi connectivity index (χ4n) is 3.21. The van der Waals surface area contributed by atoms with E-state index in [0.717, 1.165) is 44.5 Å². The number of benzene rings is 2. The Balaban J connectivity index is 1.37. The van der Waals surface area contributed by atoms with Crippen LogP contribution >= 0.6 is 0 Å². The van der Waals surface area contributed by atoms with Crippen LogP contribution in [0.2, 0.25) is 0 Å². The van der Waals surface area contributed by atoms with Crippen molar-refractivity contribution in [3.63, 3.8) is 0 Å². The van der Waals surface area contributed by atoms with Crippen LogP contribution in [-0.2, 0) is 6.42 Å². The highest BCUT2D eigenvalue weighted by Gasteiger charge is 2.20. The van der Waals surface area contributed by atoms with Crippen molar-refractivity contribution in [2.45, 2.75) is 19.3 Å². The second-order valence-corrected chi connectivity index (χ2v) is 6.38. The van der Waals surface area contributed by atoms with Crippen LogP contribution in [0.15, 0.2) is 48.5 Å². The van der Waals surface area contributed by atoms with Gasteiger partial charge >= 0.3 is 0 Å². The topological polar surface area (TPSA) is 12.5 Å². The summed E-state index contributed by atoms with van der Waals surface area (Å²) in [7, 11) is 0. The first-order valence-corrected chi connectivity index (χ1v) is 8.55. The molecule has 0 atom stereocenters. The van der Waals surface area contributed by atoms with Crippen LogP contribution < -0.4 is 4.74 Å². The number of hydrogen-bond donors (Lipinski definition) is 0. The highest BCUT2D eigenvalue weighted by atomic mass is 19.1. The molecule has 0 N–H and O–H groups in total. The summed E-state index contributed by atoms with van der Waals surface area (Å²) in [5.41, 5.74) is 0.829. The minimum absolute atomic E-state index is 0.0902. The summed E-state index contributed by atoms with van der Waals surface area (Å²) < 4.78 is 32.2. The summed E-state index contributed by atoms with van der Waals surface area (Å²) in [6.45, 7) is 3.51. The largest absolute Gasteiger partial charge is 0.492 e. The zero-order chi connectivity index (χ0) is 16.8. The Bertz CT molecular complexity index is 636. The SMILES string of the molecule is Fc1ccc(OCCN2CCC(Cc3ccccc3F)CC2)cc1. The molecule has 1 aliphatic rings. The number of likely N-dealkylation sites (tertiary alicyclic amines) is 1. The Morgan fingerprint density at radius 1 is 0.958 bits per heavy atom. The fraction of sp³-hybridized carbons (Fsp3) is 0.400. The van der Waals surface area contributed by atoms with Gasteiger partial charge in [0.05, 0.1) is 0 Å². The van der Waals surface area contributed by atoms with E-state index in [2.05, 4.69) is 4.90 Å². The lowest BCUT2D eigenvalue weighted by Gasteiger charge is -2.32. The minimum Gasteiger partial charge on any atom is -0.492 e. The maximum Gasteiger partial charge on any atom is 0.126 e. The van der Waals surface area contributed by atoms with E-state index in [1.807, 2.05) is 12.1 Å². The van der Waals surface area contributed by atoms with Crippen LogP contribution in [0.4, 0.5) is 8.78 Å². The van der Waals surface area contributed by atoms with Gasteiger partial charge in [-0.2, -0.15) is 0 Å². The van der Waals surface area contributed by atoms with Crippen LogP contribution in [-0.4, -0.2) is 31.1 Å². The lowest BCUT2D eigenvalue weighted by atomic mass is 9.90. The molecular weight excluding hydrogens is 308 g/mol. The number of rotatable bonds is 6. The fourth-order valence-corrected chi connectivity index (χ4v) is 3.21. The van der Waals surface area contributed by atoms with Gasteiger partial charge in [-0.15, -0.1) is 0 Å². The predicted octanol–water partition coefficient (Wildman–Crippen LogP) is 4.30. The third-order valence-corrected chi connectivity index (χ3v) is 4.66. The van der Waals surface area contributed by atoms with E-state index in [1.54, 1.807) is 18.2 Å². The molecule has 1 saturated heterocycles. The molecule has 0 saturated carbocycles. The number of piperidine rings is 1.